The van der Waals surface area contributed by atoms with Crippen LogP contribution in [0.4, 0.5) is 5.69 Å². The van der Waals surface area contributed by atoms with Gasteiger partial charge in [-0.1, -0.05) is 47.6 Å². The molecular weight excluding hydrogens is 220 g/mol. The minimum Gasteiger partial charge on any atom is -0.258 e. The fourth-order valence-electron chi connectivity index (χ4n) is 1.59. The molecule has 2 rings (SSSR count). The second kappa shape index (κ2) is 5.47. The van der Waals surface area contributed by atoms with Gasteiger partial charge in [-0.25, -0.2) is 0 Å². The van der Waals surface area contributed by atoms with Crippen molar-refractivity contribution in [3.63, 3.8) is 0 Å². The molecule has 1 atom stereocenters. The first-order chi connectivity index (χ1) is 8.42. The van der Waals surface area contributed by atoms with Gasteiger partial charge in [0.15, 0.2) is 0 Å². The van der Waals surface area contributed by atoms with Crippen LogP contribution in [0.3, 0.4) is 0 Å². The van der Waals surface area contributed by atoms with E-state index in [2.05, 4.69) is 49.8 Å². The van der Waals surface area contributed by atoms with E-state index in [1.807, 2.05) is 32.2 Å². The van der Waals surface area contributed by atoms with E-state index in [1.165, 1.54) is 0 Å². The summed E-state index contributed by atoms with van der Waals surface area (Å²) in [6.07, 6.45) is 8.12. The number of pyridine rings is 1. The lowest BCUT2D eigenvalue weighted by Gasteiger charge is -2.35. The van der Waals surface area contributed by atoms with Crippen LogP contribution in [0.25, 0.3) is 6.08 Å². The Morgan fingerprint density at radius 3 is 2.44 bits per heavy atom. The van der Waals surface area contributed by atoms with Crippen LogP contribution in [-0.2, 0) is 0 Å². The molecule has 0 aromatic carbocycles. The predicted molar refractivity (Wildman–Crippen MR) is 80.3 cm³/mol. The molecule has 0 bridgehead atoms. The van der Waals surface area contributed by atoms with Crippen molar-refractivity contribution in [1.29, 1.82) is 0 Å². The molecule has 1 aromatic heterocycles. The standard InChI is InChI=1S/C14H18N2.C2H6/c1-13(2,3)14(4)8-7-12-11(16-10-14)6-5-9-15-12;1-2/h5-10H,1-4H3;1-2H3. The summed E-state index contributed by atoms with van der Waals surface area (Å²) in [5.74, 6) is 0. The van der Waals surface area contributed by atoms with Crippen molar-refractivity contribution in [3.05, 3.63) is 30.1 Å². The third-order valence-corrected chi connectivity index (χ3v) is 3.49. The maximum Gasteiger partial charge on any atom is 0.0883 e. The van der Waals surface area contributed by atoms with Gasteiger partial charge in [-0.15, -0.1) is 0 Å². The normalized spacial score (nSPS) is 21.7. The lowest BCUT2D eigenvalue weighted by atomic mass is 9.68. The molecule has 98 valence electrons. The molecule has 1 unspecified atom stereocenters. The van der Waals surface area contributed by atoms with Crippen molar-refractivity contribution >= 4 is 18.0 Å². The molecule has 0 aliphatic carbocycles. The highest BCUT2D eigenvalue weighted by atomic mass is 14.8. The van der Waals surface area contributed by atoms with E-state index < -0.39 is 0 Å². The average Bonchev–Trinajstić information content (AvgIpc) is 2.53. The van der Waals surface area contributed by atoms with Crippen molar-refractivity contribution in [1.82, 2.24) is 4.98 Å². The smallest absolute Gasteiger partial charge is 0.0883 e. The van der Waals surface area contributed by atoms with E-state index in [-0.39, 0.29) is 10.8 Å². The number of hydrogen-bond acceptors (Lipinski definition) is 2. The first-order valence-electron chi connectivity index (χ1n) is 6.62. The van der Waals surface area contributed by atoms with E-state index in [0.717, 1.165) is 11.4 Å². The van der Waals surface area contributed by atoms with Gasteiger partial charge in [0, 0.05) is 17.8 Å². The Hall–Kier alpha value is -1.44. The van der Waals surface area contributed by atoms with Crippen LogP contribution in [0.15, 0.2) is 29.4 Å². The van der Waals surface area contributed by atoms with Gasteiger partial charge >= 0.3 is 0 Å². The van der Waals surface area contributed by atoms with Gasteiger partial charge in [0.1, 0.15) is 0 Å². The molecule has 0 saturated carbocycles. The monoisotopic (exact) mass is 244 g/mol. The van der Waals surface area contributed by atoms with Crippen molar-refractivity contribution in [2.24, 2.45) is 15.8 Å². The van der Waals surface area contributed by atoms with Crippen LogP contribution >= 0.6 is 0 Å². The van der Waals surface area contributed by atoms with Crippen molar-refractivity contribution in [2.75, 3.05) is 0 Å². The number of aromatic nitrogens is 1. The predicted octanol–water partition coefficient (Wildman–Crippen LogP) is 4.89. The molecule has 0 saturated heterocycles. The molecule has 0 spiro atoms. The molecule has 1 aliphatic heterocycles. The summed E-state index contributed by atoms with van der Waals surface area (Å²) in [4.78, 5) is 8.88. The number of rotatable bonds is 0. The Morgan fingerprint density at radius 1 is 1.17 bits per heavy atom. The maximum absolute atomic E-state index is 4.56. The Morgan fingerprint density at radius 2 is 1.83 bits per heavy atom. The number of aliphatic imine (C=N–C) groups is 1. The van der Waals surface area contributed by atoms with E-state index >= 15 is 0 Å². The lowest BCUT2D eigenvalue weighted by molar-refractivity contribution is 0.258. The molecule has 0 radical (unpaired) electrons. The van der Waals surface area contributed by atoms with Gasteiger partial charge in [0.25, 0.3) is 0 Å². The number of allylic oxidation sites excluding steroid dienone is 1. The number of nitrogens with zero attached hydrogens (tertiary/aromatic N) is 2. The Kier molecular flexibility index (Phi) is 4.44. The van der Waals surface area contributed by atoms with Gasteiger partial charge in [0.2, 0.25) is 0 Å². The molecule has 2 heterocycles. The molecule has 0 N–H and O–H groups in total. The molecule has 2 heteroatoms. The second-order valence-electron chi connectivity index (χ2n) is 5.53. The summed E-state index contributed by atoms with van der Waals surface area (Å²) < 4.78 is 0. The largest absolute Gasteiger partial charge is 0.258 e. The molecule has 1 aliphatic rings. The summed E-state index contributed by atoms with van der Waals surface area (Å²) in [7, 11) is 0. The topological polar surface area (TPSA) is 25.2 Å². The summed E-state index contributed by atoms with van der Waals surface area (Å²) in [5.41, 5.74) is 2.02. The van der Waals surface area contributed by atoms with Gasteiger partial charge in [-0.2, -0.15) is 0 Å². The van der Waals surface area contributed by atoms with Gasteiger partial charge in [0.05, 0.1) is 11.4 Å². The van der Waals surface area contributed by atoms with Crippen LogP contribution in [-0.4, -0.2) is 11.2 Å². The van der Waals surface area contributed by atoms with E-state index in [4.69, 9.17) is 0 Å². The van der Waals surface area contributed by atoms with Crippen LogP contribution in [0, 0.1) is 10.8 Å². The summed E-state index contributed by atoms with van der Waals surface area (Å²) >= 11 is 0. The number of hydrogen-bond donors (Lipinski definition) is 0. The third-order valence-electron chi connectivity index (χ3n) is 3.49. The third kappa shape index (κ3) is 2.87. The minimum absolute atomic E-state index is 0.0340. The number of fused-ring (bicyclic) bond motifs is 1. The lowest BCUT2D eigenvalue weighted by Crippen LogP contribution is -2.31. The van der Waals surface area contributed by atoms with Gasteiger partial charge in [-0.3, -0.25) is 9.98 Å². The summed E-state index contributed by atoms with van der Waals surface area (Å²) in [5, 5.41) is 0. The highest BCUT2D eigenvalue weighted by Crippen LogP contribution is 2.40. The highest BCUT2D eigenvalue weighted by Gasteiger charge is 2.34. The Balaban J connectivity index is 0.000000771. The molecule has 1 aromatic rings. The Labute approximate surface area is 111 Å². The quantitative estimate of drug-likeness (QED) is 0.638. The molecule has 2 nitrogen and oxygen atoms in total. The molecular formula is C16H24N2. The highest BCUT2D eigenvalue weighted by molar-refractivity contribution is 5.79. The first-order valence-corrected chi connectivity index (χ1v) is 6.62. The van der Waals surface area contributed by atoms with E-state index in [1.54, 1.807) is 6.20 Å². The van der Waals surface area contributed by atoms with Crippen molar-refractivity contribution in [3.8, 4) is 0 Å². The van der Waals surface area contributed by atoms with Gasteiger partial charge in [-0.05, 0) is 23.6 Å². The SMILES string of the molecule is CC.CC(C)(C)C1(C)C=Cc2ncccc2N=C1. The fourth-order valence-corrected chi connectivity index (χ4v) is 1.59. The Bertz CT molecular complexity index is 417. The summed E-state index contributed by atoms with van der Waals surface area (Å²) in [6.45, 7) is 12.9. The van der Waals surface area contributed by atoms with Gasteiger partial charge < -0.3 is 0 Å². The van der Waals surface area contributed by atoms with Crippen LogP contribution in [0.2, 0.25) is 0 Å². The maximum atomic E-state index is 4.56. The summed E-state index contributed by atoms with van der Waals surface area (Å²) in [6, 6.07) is 3.92. The molecule has 18 heavy (non-hydrogen) atoms. The zero-order valence-electron chi connectivity index (χ0n) is 12.4. The molecule has 0 amide bonds. The second-order valence-corrected chi connectivity index (χ2v) is 5.53. The zero-order valence-corrected chi connectivity index (χ0v) is 12.4. The van der Waals surface area contributed by atoms with Crippen LogP contribution in [0.5, 0.6) is 0 Å². The van der Waals surface area contributed by atoms with Crippen molar-refractivity contribution in [2.45, 2.75) is 41.5 Å². The first kappa shape index (κ1) is 14.6. The minimum atomic E-state index is -0.0340. The zero-order chi connectivity index (χ0) is 13.8. The van der Waals surface area contributed by atoms with Crippen LogP contribution in [0.1, 0.15) is 47.2 Å². The van der Waals surface area contributed by atoms with E-state index in [9.17, 15) is 0 Å². The average molecular weight is 244 g/mol. The van der Waals surface area contributed by atoms with Crippen LogP contribution < -0.4 is 0 Å². The fraction of sp³-hybridized carbons (Fsp3) is 0.500. The van der Waals surface area contributed by atoms with Crippen molar-refractivity contribution < 1.29 is 0 Å². The molecule has 0 fully saturated rings. The van der Waals surface area contributed by atoms with E-state index in [0.29, 0.717) is 0 Å².